The van der Waals surface area contributed by atoms with Crippen molar-refractivity contribution in [3.05, 3.63) is 65.5 Å². The van der Waals surface area contributed by atoms with Crippen molar-refractivity contribution in [2.75, 3.05) is 11.9 Å². The highest BCUT2D eigenvalue weighted by Crippen LogP contribution is 2.28. The van der Waals surface area contributed by atoms with Gasteiger partial charge in [0.2, 0.25) is 5.91 Å². The van der Waals surface area contributed by atoms with E-state index in [1.807, 2.05) is 0 Å². The van der Waals surface area contributed by atoms with Gasteiger partial charge >= 0.3 is 0 Å². The van der Waals surface area contributed by atoms with Crippen LogP contribution in [0.5, 0.6) is 0 Å². The van der Waals surface area contributed by atoms with Crippen molar-refractivity contribution >= 4 is 17.5 Å². The number of rotatable bonds is 4. The Kier molecular flexibility index (Phi) is 5.25. The Labute approximate surface area is 148 Å². The summed E-state index contributed by atoms with van der Waals surface area (Å²) in [5.41, 5.74) is 0.0857. The van der Waals surface area contributed by atoms with E-state index in [9.17, 15) is 22.8 Å². The number of hydrogen-bond donors (Lipinski definition) is 1. The Bertz CT molecular complexity index is 827. The van der Waals surface area contributed by atoms with Gasteiger partial charge in [0.25, 0.3) is 5.91 Å². The first-order valence-corrected chi connectivity index (χ1v) is 8.27. The third-order valence-electron chi connectivity index (χ3n) is 4.30. The molecule has 1 N–H and O–H groups in total. The molecule has 26 heavy (non-hydrogen) atoms. The summed E-state index contributed by atoms with van der Waals surface area (Å²) in [6, 6.07) is 8.57. The maximum Gasteiger partial charge on any atom is 0.251 e. The lowest BCUT2D eigenvalue weighted by Crippen LogP contribution is -2.43. The fourth-order valence-corrected chi connectivity index (χ4v) is 3.03. The van der Waals surface area contributed by atoms with Crippen molar-refractivity contribution < 1.29 is 22.8 Å². The second kappa shape index (κ2) is 7.59. The molecule has 0 aromatic heterocycles. The van der Waals surface area contributed by atoms with E-state index in [2.05, 4.69) is 5.32 Å². The molecule has 0 aliphatic carbocycles. The lowest BCUT2D eigenvalue weighted by molar-refractivity contribution is -0.141. The summed E-state index contributed by atoms with van der Waals surface area (Å²) in [5, 5.41) is 2.28. The van der Waals surface area contributed by atoms with E-state index in [-0.39, 0.29) is 5.91 Å². The van der Waals surface area contributed by atoms with Crippen LogP contribution in [0.1, 0.15) is 30.9 Å². The van der Waals surface area contributed by atoms with Gasteiger partial charge < -0.3 is 10.2 Å². The van der Waals surface area contributed by atoms with E-state index in [0.717, 1.165) is 12.8 Å². The first-order chi connectivity index (χ1) is 12.5. The minimum Gasteiger partial charge on any atom is -0.327 e. The molecule has 0 radical (unpaired) electrons. The summed E-state index contributed by atoms with van der Waals surface area (Å²) >= 11 is 0. The molecular formula is C19H17F3N2O2. The van der Waals surface area contributed by atoms with E-state index in [1.165, 1.54) is 4.90 Å². The fraction of sp³-hybridized carbons (Fsp3) is 0.263. The summed E-state index contributed by atoms with van der Waals surface area (Å²) in [7, 11) is 0. The van der Waals surface area contributed by atoms with Crippen LogP contribution in [0.15, 0.2) is 42.5 Å². The van der Waals surface area contributed by atoms with Gasteiger partial charge in [-0.05, 0) is 18.4 Å². The fourth-order valence-electron chi connectivity index (χ4n) is 3.03. The van der Waals surface area contributed by atoms with Crippen molar-refractivity contribution in [2.45, 2.75) is 25.3 Å². The third kappa shape index (κ3) is 3.71. The van der Waals surface area contributed by atoms with Crippen molar-refractivity contribution in [3.8, 4) is 0 Å². The van der Waals surface area contributed by atoms with Gasteiger partial charge in [0, 0.05) is 25.1 Å². The zero-order valence-corrected chi connectivity index (χ0v) is 13.8. The van der Waals surface area contributed by atoms with Crippen LogP contribution in [-0.2, 0) is 9.59 Å². The van der Waals surface area contributed by atoms with Crippen molar-refractivity contribution in [1.29, 1.82) is 0 Å². The molecule has 1 saturated heterocycles. The second-order valence-electron chi connectivity index (χ2n) is 6.09. The average Bonchev–Trinajstić information content (AvgIpc) is 2.62. The first-order valence-electron chi connectivity index (χ1n) is 8.27. The van der Waals surface area contributed by atoms with Crippen LogP contribution in [0.25, 0.3) is 0 Å². The molecule has 1 fully saturated rings. The molecule has 1 aliphatic heterocycles. The molecule has 1 heterocycles. The molecule has 7 heteroatoms. The monoisotopic (exact) mass is 362 g/mol. The van der Waals surface area contributed by atoms with Gasteiger partial charge in [0.1, 0.15) is 11.9 Å². The summed E-state index contributed by atoms with van der Waals surface area (Å²) in [4.78, 5) is 26.5. The Morgan fingerprint density at radius 1 is 1.00 bits per heavy atom. The molecule has 1 unspecified atom stereocenters. The molecule has 0 saturated carbocycles. The van der Waals surface area contributed by atoms with Crippen LogP contribution in [0.3, 0.4) is 0 Å². The number of likely N-dealkylation sites (tertiary alicyclic amines) is 1. The Morgan fingerprint density at radius 2 is 1.69 bits per heavy atom. The van der Waals surface area contributed by atoms with E-state index in [1.54, 1.807) is 30.3 Å². The number of carbonyl (C=O) groups excluding carboxylic acids is 2. The lowest BCUT2D eigenvalue weighted by atomic mass is 10.0. The normalized spacial score (nSPS) is 15.7. The molecule has 2 aromatic carbocycles. The Balaban J connectivity index is 1.93. The highest BCUT2D eigenvalue weighted by Gasteiger charge is 2.33. The number of anilines is 1. The van der Waals surface area contributed by atoms with Crippen molar-refractivity contribution in [1.82, 2.24) is 4.90 Å². The van der Waals surface area contributed by atoms with Gasteiger partial charge in [0.05, 0.1) is 5.69 Å². The zero-order valence-electron chi connectivity index (χ0n) is 13.8. The highest BCUT2D eigenvalue weighted by molar-refractivity contribution is 5.98. The Morgan fingerprint density at radius 3 is 2.38 bits per heavy atom. The van der Waals surface area contributed by atoms with Gasteiger partial charge in [-0.2, -0.15) is 0 Å². The molecule has 1 aliphatic rings. The van der Waals surface area contributed by atoms with Crippen LogP contribution >= 0.6 is 0 Å². The molecule has 0 bridgehead atoms. The number of benzene rings is 2. The maximum absolute atomic E-state index is 13.9. The first kappa shape index (κ1) is 18.0. The minimum absolute atomic E-state index is 0.175. The number of nitrogens with one attached hydrogen (secondary N) is 1. The summed E-state index contributed by atoms with van der Waals surface area (Å²) < 4.78 is 40.3. The van der Waals surface area contributed by atoms with Crippen molar-refractivity contribution in [3.63, 3.8) is 0 Å². The molecule has 2 aromatic rings. The number of hydrogen-bond acceptors (Lipinski definition) is 2. The summed E-state index contributed by atoms with van der Waals surface area (Å²) in [6.45, 7) is 0.395. The number of piperidine rings is 1. The van der Waals surface area contributed by atoms with Gasteiger partial charge in [-0.3, -0.25) is 9.59 Å². The largest absolute Gasteiger partial charge is 0.327 e. The lowest BCUT2D eigenvalue weighted by Gasteiger charge is -2.34. The number of nitrogens with zero attached hydrogens (tertiary/aromatic N) is 1. The van der Waals surface area contributed by atoms with Gasteiger partial charge in [-0.15, -0.1) is 0 Å². The molecular weight excluding hydrogens is 345 g/mol. The predicted octanol–water partition coefficient (Wildman–Crippen LogP) is 3.80. The standard InChI is InChI=1S/C19H17F3N2O2/c20-13-10-15(22)16(11-14(13)21)23-19(26)18(12-6-2-1-3-7-12)24-9-5-4-8-17(24)25/h1-3,6-7,10-11,18H,4-5,8-9H2,(H,23,26). The van der Waals surface area contributed by atoms with Gasteiger partial charge in [-0.25, -0.2) is 13.2 Å². The van der Waals surface area contributed by atoms with Crippen LogP contribution in [0, 0.1) is 17.5 Å². The molecule has 3 rings (SSSR count). The molecule has 136 valence electrons. The van der Waals surface area contributed by atoms with Gasteiger partial charge in [-0.1, -0.05) is 30.3 Å². The van der Waals surface area contributed by atoms with E-state index in [0.29, 0.717) is 30.7 Å². The van der Waals surface area contributed by atoms with Crippen LogP contribution in [0.4, 0.5) is 18.9 Å². The van der Waals surface area contributed by atoms with E-state index in [4.69, 9.17) is 0 Å². The Hall–Kier alpha value is -2.83. The second-order valence-corrected chi connectivity index (χ2v) is 6.09. The molecule has 1 atom stereocenters. The number of amides is 2. The smallest absolute Gasteiger partial charge is 0.251 e. The molecule has 0 spiro atoms. The quantitative estimate of drug-likeness (QED) is 0.841. The third-order valence-corrected chi connectivity index (χ3v) is 4.30. The summed E-state index contributed by atoms with van der Waals surface area (Å²) in [6.07, 6.45) is 1.83. The maximum atomic E-state index is 13.9. The van der Waals surface area contributed by atoms with Gasteiger partial charge in [0.15, 0.2) is 11.6 Å². The van der Waals surface area contributed by atoms with Crippen LogP contribution < -0.4 is 5.32 Å². The minimum atomic E-state index is -1.34. The van der Waals surface area contributed by atoms with E-state index < -0.39 is 35.1 Å². The molecule has 4 nitrogen and oxygen atoms in total. The van der Waals surface area contributed by atoms with Crippen molar-refractivity contribution in [2.24, 2.45) is 0 Å². The number of halogens is 3. The highest BCUT2D eigenvalue weighted by atomic mass is 19.2. The van der Waals surface area contributed by atoms with Crippen LogP contribution in [-0.4, -0.2) is 23.3 Å². The van der Waals surface area contributed by atoms with Crippen LogP contribution in [0.2, 0.25) is 0 Å². The zero-order chi connectivity index (χ0) is 18.7. The SMILES string of the molecule is O=C(Nc1cc(F)c(F)cc1F)C(c1ccccc1)N1CCCCC1=O. The van der Waals surface area contributed by atoms with E-state index >= 15 is 0 Å². The predicted molar refractivity (Wildman–Crippen MR) is 89.7 cm³/mol. The topological polar surface area (TPSA) is 49.4 Å². The molecule has 2 amide bonds. The summed E-state index contributed by atoms with van der Waals surface area (Å²) in [5.74, 6) is -4.56. The average molecular weight is 362 g/mol. The number of carbonyl (C=O) groups is 2.